The van der Waals surface area contributed by atoms with Crippen molar-refractivity contribution in [2.24, 2.45) is 0 Å². The van der Waals surface area contributed by atoms with Gasteiger partial charge < -0.3 is 11.1 Å². The van der Waals surface area contributed by atoms with Crippen molar-refractivity contribution in [3.63, 3.8) is 0 Å². The Hall–Kier alpha value is -2.87. The zero-order valence-corrected chi connectivity index (χ0v) is 10.8. The van der Waals surface area contributed by atoms with Crippen LogP contribution in [0.2, 0.25) is 0 Å². The van der Waals surface area contributed by atoms with Crippen LogP contribution in [-0.2, 0) is 0 Å². The van der Waals surface area contributed by atoms with Gasteiger partial charge in [0.2, 0.25) is 0 Å². The summed E-state index contributed by atoms with van der Waals surface area (Å²) in [5, 5.41) is 11.1. The van der Waals surface area contributed by atoms with Crippen LogP contribution >= 0.6 is 0 Å². The molecule has 0 aliphatic carbocycles. The maximum Gasteiger partial charge on any atom is 0.257 e. The van der Waals surface area contributed by atoms with Crippen LogP contribution in [0.3, 0.4) is 0 Å². The minimum absolute atomic E-state index is 0.00831. The lowest BCUT2D eigenvalue weighted by Crippen LogP contribution is -2.15. The quantitative estimate of drug-likeness (QED) is 0.823. The number of amides is 1. The lowest BCUT2D eigenvalue weighted by Gasteiger charge is -2.09. The van der Waals surface area contributed by atoms with E-state index in [9.17, 15) is 9.18 Å². The molecule has 0 radical (unpaired) electrons. The van der Waals surface area contributed by atoms with Gasteiger partial charge >= 0.3 is 0 Å². The van der Waals surface area contributed by atoms with E-state index in [1.807, 2.05) is 13.0 Å². The van der Waals surface area contributed by atoms with Crippen LogP contribution in [0.25, 0.3) is 0 Å². The van der Waals surface area contributed by atoms with E-state index >= 15 is 0 Å². The molecule has 0 aromatic heterocycles. The van der Waals surface area contributed by atoms with Gasteiger partial charge in [0.25, 0.3) is 5.91 Å². The van der Waals surface area contributed by atoms with E-state index in [2.05, 4.69) is 5.32 Å². The Balaban J connectivity index is 2.26. The second-order valence-electron chi connectivity index (χ2n) is 4.35. The van der Waals surface area contributed by atoms with Crippen LogP contribution in [0.4, 0.5) is 15.8 Å². The smallest absolute Gasteiger partial charge is 0.257 e. The summed E-state index contributed by atoms with van der Waals surface area (Å²) in [7, 11) is 0. The van der Waals surface area contributed by atoms with Crippen LogP contribution in [0.5, 0.6) is 0 Å². The van der Waals surface area contributed by atoms with Gasteiger partial charge in [-0.1, -0.05) is 6.07 Å². The molecule has 0 atom stereocenters. The van der Waals surface area contributed by atoms with Crippen LogP contribution < -0.4 is 11.1 Å². The Morgan fingerprint density at radius 2 is 2.05 bits per heavy atom. The monoisotopic (exact) mass is 269 g/mol. The first kappa shape index (κ1) is 13.6. The fraction of sp³-hybridized carbons (Fsp3) is 0.0667. The molecule has 0 fully saturated rings. The number of anilines is 2. The van der Waals surface area contributed by atoms with Crippen LogP contribution in [-0.4, -0.2) is 5.91 Å². The third-order valence-electron chi connectivity index (χ3n) is 2.80. The van der Waals surface area contributed by atoms with Crippen molar-refractivity contribution in [3.8, 4) is 6.07 Å². The third kappa shape index (κ3) is 2.75. The lowest BCUT2D eigenvalue weighted by molar-refractivity contribution is 0.102. The van der Waals surface area contributed by atoms with E-state index in [1.165, 1.54) is 12.1 Å². The number of nitrogens with two attached hydrogens (primary N) is 1. The fourth-order valence-corrected chi connectivity index (χ4v) is 1.76. The summed E-state index contributed by atoms with van der Waals surface area (Å²) in [6.45, 7) is 1.86. The predicted octanol–water partition coefficient (Wildman–Crippen LogP) is 2.84. The molecule has 5 heteroatoms. The zero-order chi connectivity index (χ0) is 14.7. The number of nitrogen functional groups attached to an aromatic ring is 1. The van der Waals surface area contributed by atoms with Gasteiger partial charge in [0, 0.05) is 5.69 Å². The van der Waals surface area contributed by atoms with Gasteiger partial charge in [0.1, 0.15) is 5.82 Å². The zero-order valence-electron chi connectivity index (χ0n) is 10.8. The summed E-state index contributed by atoms with van der Waals surface area (Å²) in [5.41, 5.74) is 7.50. The topological polar surface area (TPSA) is 78.9 Å². The van der Waals surface area contributed by atoms with Crippen molar-refractivity contribution in [1.82, 2.24) is 0 Å². The third-order valence-corrected chi connectivity index (χ3v) is 2.80. The summed E-state index contributed by atoms with van der Waals surface area (Å²) in [6, 6.07) is 10.7. The number of aryl methyl sites for hydroxylation is 1. The predicted molar refractivity (Wildman–Crippen MR) is 74.7 cm³/mol. The largest absolute Gasteiger partial charge is 0.398 e. The van der Waals surface area contributed by atoms with Crippen LogP contribution in [0.1, 0.15) is 21.5 Å². The average Bonchev–Trinajstić information content (AvgIpc) is 2.40. The molecule has 2 aromatic rings. The molecule has 100 valence electrons. The first-order valence-corrected chi connectivity index (χ1v) is 5.88. The number of hydrogen-bond donors (Lipinski definition) is 2. The Kier molecular flexibility index (Phi) is 3.67. The highest BCUT2D eigenvalue weighted by Crippen LogP contribution is 2.19. The van der Waals surface area contributed by atoms with E-state index < -0.39 is 11.7 Å². The highest BCUT2D eigenvalue weighted by molar-refractivity contribution is 6.07. The summed E-state index contributed by atoms with van der Waals surface area (Å²) < 4.78 is 13.7. The van der Waals surface area contributed by atoms with Crippen molar-refractivity contribution in [2.45, 2.75) is 6.92 Å². The van der Waals surface area contributed by atoms with E-state index in [4.69, 9.17) is 11.0 Å². The molecule has 3 N–H and O–H groups in total. The Morgan fingerprint density at radius 1 is 1.30 bits per heavy atom. The lowest BCUT2D eigenvalue weighted by atomic mass is 10.1. The summed E-state index contributed by atoms with van der Waals surface area (Å²) in [5.74, 6) is -1.16. The van der Waals surface area contributed by atoms with Gasteiger partial charge in [0.05, 0.1) is 22.9 Å². The Labute approximate surface area is 115 Å². The van der Waals surface area contributed by atoms with Crippen molar-refractivity contribution in [1.29, 1.82) is 5.26 Å². The first-order valence-electron chi connectivity index (χ1n) is 5.88. The normalized spacial score (nSPS) is 9.85. The van der Waals surface area contributed by atoms with Gasteiger partial charge in [-0.15, -0.1) is 0 Å². The molecular weight excluding hydrogens is 257 g/mol. The standard InChI is InChI=1S/C15H12FN3O/c1-9-2-4-11(13(18)6-9)15(20)19-14-5-3-10(8-17)7-12(14)16/h2-7H,18H2,1H3,(H,19,20). The maximum absolute atomic E-state index is 13.7. The molecule has 0 saturated heterocycles. The van der Waals surface area contributed by atoms with Crippen molar-refractivity contribution in [2.75, 3.05) is 11.1 Å². The number of nitrogens with one attached hydrogen (secondary N) is 1. The molecule has 1 amide bonds. The molecule has 0 spiro atoms. The number of carbonyl (C=O) groups is 1. The average molecular weight is 269 g/mol. The van der Waals surface area contributed by atoms with Crippen molar-refractivity contribution >= 4 is 17.3 Å². The minimum atomic E-state index is -0.664. The van der Waals surface area contributed by atoms with Crippen LogP contribution in [0.15, 0.2) is 36.4 Å². The van der Waals surface area contributed by atoms with Crippen molar-refractivity contribution in [3.05, 3.63) is 58.9 Å². The highest BCUT2D eigenvalue weighted by Gasteiger charge is 2.12. The van der Waals surface area contributed by atoms with Gasteiger partial charge in [-0.2, -0.15) is 5.26 Å². The number of benzene rings is 2. The molecule has 0 heterocycles. The van der Waals surface area contributed by atoms with E-state index in [-0.39, 0.29) is 16.8 Å². The van der Waals surface area contributed by atoms with Gasteiger partial charge in [-0.3, -0.25) is 4.79 Å². The molecule has 2 aromatic carbocycles. The maximum atomic E-state index is 13.7. The summed E-state index contributed by atoms with van der Waals surface area (Å²) in [4.78, 5) is 12.0. The molecule has 0 saturated carbocycles. The molecule has 0 bridgehead atoms. The number of carbonyl (C=O) groups excluding carboxylic acids is 1. The molecule has 20 heavy (non-hydrogen) atoms. The second-order valence-corrected chi connectivity index (χ2v) is 4.35. The van der Waals surface area contributed by atoms with Gasteiger partial charge in [-0.25, -0.2) is 4.39 Å². The number of nitrogens with zero attached hydrogens (tertiary/aromatic N) is 1. The molecular formula is C15H12FN3O. The number of rotatable bonds is 2. The van der Waals surface area contributed by atoms with Crippen LogP contribution in [0, 0.1) is 24.1 Å². The molecule has 2 rings (SSSR count). The van der Waals surface area contributed by atoms with E-state index in [1.54, 1.807) is 18.2 Å². The highest BCUT2D eigenvalue weighted by atomic mass is 19.1. The summed E-state index contributed by atoms with van der Waals surface area (Å²) >= 11 is 0. The second kappa shape index (κ2) is 5.41. The van der Waals surface area contributed by atoms with Gasteiger partial charge in [-0.05, 0) is 42.8 Å². The number of hydrogen-bond acceptors (Lipinski definition) is 3. The summed E-state index contributed by atoms with van der Waals surface area (Å²) in [6.07, 6.45) is 0. The van der Waals surface area contributed by atoms with Crippen molar-refractivity contribution < 1.29 is 9.18 Å². The fourth-order valence-electron chi connectivity index (χ4n) is 1.76. The minimum Gasteiger partial charge on any atom is -0.398 e. The SMILES string of the molecule is Cc1ccc(C(=O)Nc2ccc(C#N)cc2F)c(N)c1. The molecule has 0 aliphatic rings. The van der Waals surface area contributed by atoms with Gasteiger partial charge in [0.15, 0.2) is 0 Å². The molecule has 4 nitrogen and oxygen atoms in total. The number of nitriles is 1. The first-order chi connectivity index (χ1) is 9.51. The molecule has 0 aliphatic heterocycles. The Bertz CT molecular complexity index is 720. The molecule has 0 unspecified atom stereocenters. The van der Waals surface area contributed by atoms with E-state index in [0.717, 1.165) is 11.6 Å². The number of halogens is 1. The Morgan fingerprint density at radius 3 is 2.65 bits per heavy atom. The van der Waals surface area contributed by atoms with E-state index in [0.29, 0.717) is 5.69 Å².